The van der Waals surface area contributed by atoms with E-state index in [0.717, 1.165) is 28.0 Å². The standard InChI is InChI=1S/C24H23N3O4/c1-15-10-16(2)23(25-13-15)31-19-8-9-20-21(12-19)27(3)22(26-20)14-30-18-7-5-6-17(11-18)24(28)29-4/h5-13H,14H2,1-4H3. The van der Waals surface area contributed by atoms with E-state index in [4.69, 9.17) is 14.2 Å². The van der Waals surface area contributed by atoms with Gasteiger partial charge in [-0.15, -0.1) is 0 Å². The minimum atomic E-state index is -0.404. The van der Waals surface area contributed by atoms with Gasteiger partial charge in [0.05, 0.1) is 23.7 Å². The van der Waals surface area contributed by atoms with Gasteiger partial charge in [0.2, 0.25) is 5.88 Å². The number of carbonyl (C=O) groups excluding carboxylic acids is 1. The number of fused-ring (bicyclic) bond motifs is 1. The predicted molar refractivity (Wildman–Crippen MR) is 117 cm³/mol. The van der Waals surface area contributed by atoms with Gasteiger partial charge >= 0.3 is 5.97 Å². The van der Waals surface area contributed by atoms with Crippen LogP contribution < -0.4 is 9.47 Å². The van der Waals surface area contributed by atoms with Crippen molar-refractivity contribution in [3.63, 3.8) is 0 Å². The van der Waals surface area contributed by atoms with Gasteiger partial charge in [0, 0.05) is 24.9 Å². The summed E-state index contributed by atoms with van der Waals surface area (Å²) in [5.74, 6) is 2.19. The molecule has 0 saturated carbocycles. The highest BCUT2D eigenvalue weighted by molar-refractivity contribution is 5.89. The number of ether oxygens (including phenoxy) is 3. The summed E-state index contributed by atoms with van der Waals surface area (Å²) in [6, 6.07) is 14.6. The third-order valence-electron chi connectivity index (χ3n) is 4.95. The van der Waals surface area contributed by atoms with Gasteiger partial charge < -0.3 is 18.8 Å². The number of carbonyl (C=O) groups is 1. The Balaban J connectivity index is 1.53. The molecule has 0 saturated heterocycles. The normalized spacial score (nSPS) is 10.8. The number of imidazole rings is 1. The molecule has 31 heavy (non-hydrogen) atoms. The first-order chi connectivity index (χ1) is 14.9. The van der Waals surface area contributed by atoms with E-state index in [0.29, 0.717) is 22.9 Å². The van der Waals surface area contributed by atoms with Crippen molar-refractivity contribution in [3.8, 4) is 17.4 Å². The highest BCUT2D eigenvalue weighted by Crippen LogP contribution is 2.27. The second kappa shape index (κ2) is 8.47. The monoisotopic (exact) mass is 417 g/mol. The number of benzene rings is 2. The molecule has 0 aliphatic rings. The molecule has 158 valence electrons. The molecule has 2 aromatic heterocycles. The van der Waals surface area contributed by atoms with Gasteiger partial charge in [-0.3, -0.25) is 0 Å². The van der Waals surface area contributed by atoms with E-state index in [1.807, 2.05) is 49.7 Å². The highest BCUT2D eigenvalue weighted by Gasteiger charge is 2.12. The number of rotatable bonds is 6. The number of hydrogen-bond donors (Lipinski definition) is 0. The predicted octanol–water partition coefficient (Wildman–Crippen LogP) is 4.74. The number of pyridine rings is 1. The first-order valence-electron chi connectivity index (χ1n) is 9.82. The molecular formula is C24H23N3O4. The molecule has 0 atom stereocenters. The number of esters is 1. The summed E-state index contributed by atoms with van der Waals surface area (Å²) in [5.41, 5.74) is 4.27. The first kappa shape index (κ1) is 20.4. The summed E-state index contributed by atoms with van der Waals surface area (Å²) in [4.78, 5) is 20.7. The summed E-state index contributed by atoms with van der Waals surface area (Å²) >= 11 is 0. The van der Waals surface area contributed by atoms with Crippen LogP contribution in [0.2, 0.25) is 0 Å². The summed E-state index contributed by atoms with van der Waals surface area (Å²) in [7, 11) is 3.28. The van der Waals surface area contributed by atoms with E-state index >= 15 is 0 Å². The lowest BCUT2D eigenvalue weighted by atomic mass is 10.2. The molecule has 7 heteroatoms. The van der Waals surface area contributed by atoms with E-state index in [1.165, 1.54) is 7.11 Å². The second-order valence-electron chi connectivity index (χ2n) is 7.28. The van der Waals surface area contributed by atoms with Crippen molar-refractivity contribution in [2.24, 2.45) is 7.05 Å². The third kappa shape index (κ3) is 4.35. The van der Waals surface area contributed by atoms with Crippen LogP contribution in [0.4, 0.5) is 0 Å². The Kier molecular flexibility index (Phi) is 5.58. The lowest BCUT2D eigenvalue weighted by Gasteiger charge is -2.09. The summed E-state index contributed by atoms with van der Waals surface area (Å²) < 4.78 is 18.6. The van der Waals surface area contributed by atoms with Crippen molar-refractivity contribution in [1.82, 2.24) is 14.5 Å². The van der Waals surface area contributed by atoms with E-state index in [2.05, 4.69) is 9.97 Å². The number of methoxy groups -OCH3 is 1. The Labute approximate surface area is 180 Å². The lowest BCUT2D eigenvalue weighted by molar-refractivity contribution is 0.0600. The van der Waals surface area contributed by atoms with Crippen molar-refractivity contribution >= 4 is 17.0 Å². The molecule has 0 fully saturated rings. The van der Waals surface area contributed by atoms with Crippen LogP contribution in [0.15, 0.2) is 54.7 Å². The SMILES string of the molecule is COC(=O)c1cccc(OCc2nc3ccc(Oc4ncc(C)cc4C)cc3n2C)c1. The van der Waals surface area contributed by atoms with E-state index in [1.54, 1.807) is 30.5 Å². The number of nitrogens with zero attached hydrogens (tertiary/aromatic N) is 3. The van der Waals surface area contributed by atoms with Crippen molar-refractivity contribution < 1.29 is 19.0 Å². The Bertz CT molecular complexity index is 1260. The summed E-state index contributed by atoms with van der Waals surface area (Å²) in [5, 5.41) is 0. The average molecular weight is 417 g/mol. The summed E-state index contributed by atoms with van der Waals surface area (Å²) in [6.07, 6.45) is 1.79. The van der Waals surface area contributed by atoms with Crippen LogP contribution in [0.5, 0.6) is 17.4 Å². The van der Waals surface area contributed by atoms with Crippen LogP contribution in [0, 0.1) is 13.8 Å². The van der Waals surface area contributed by atoms with Crippen LogP contribution in [-0.2, 0) is 18.4 Å². The fraction of sp³-hybridized carbons (Fsp3) is 0.208. The minimum Gasteiger partial charge on any atom is -0.486 e. The van der Waals surface area contributed by atoms with Gasteiger partial charge in [-0.25, -0.2) is 14.8 Å². The zero-order valence-corrected chi connectivity index (χ0v) is 17.9. The van der Waals surface area contributed by atoms with Gasteiger partial charge in [-0.05, 0) is 55.8 Å². The highest BCUT2D eigenvalue weighted by atomic mass is 16.5. The smallest absolute Gasteiger partial charge is 0.337 e. The molecule has 2 heterocycles. The molecule has 0 amide bonds. The zero-order chi connectivity index (χ0) is 22.0. The van der Waals surface area contributed by atoms with E-state index < -0.39 is 5.97 Å². The quantitative estimate of drug-likeness (QED) is 0.422. The van der Waals surface area contributed by atoms with Gasteiger partial charge in [-0.1, -0.05) is 6.07 Å². The number of aromatic nitrogens is 3. The maximum absolute atomic E-state index is 11.7. The van der Waals surface area contributed by atoms with E-state index in [-0.39, 0.29) is 6.61 Å². The molecule has 0 radical (unpaired) electrons. The maximum Gasteiger partial charge on any atom is 0.337 e. The van der Waals surface area contributed by atoms with Gasteiger partial charge in [0.1, 0.15) is 23.9 Å². The first-order valence-corrected chi connectivity index (χ1v) is 9.82. The van der Waals surface area contributed by atoms with Crippen LogP contribution in [0.3, 0.4) is 0 Å². The Morgan fingerprint density at radius 3 is 2.68 bits per heavy atom. The molecule has 7 nitrogen and oxygen atoms in total. The van der Waals surface area contributed by atoms with Crippen LogP contribution >= 0.6 is 0 Å². The topological polar surface area (TPSA) is 75.5 Å². The molecule has 4 aromatic rings. The molecule has 0 unspecified atom stereocenters. The van der Waals surface area contributed by atoms with Crippen molar-refractivity contribution in [3.05, 3.63) is 77.2 Å². The molecule has 0 aliphatic heterocycles. The zero-order valence-electron chi connectivity index (χ0n) is 17.9. The van der Waals surface area contributed by atoms with E-state index in [9.17, 15) is 4.79 Å². The lowest BCUT2D eigenvalue weighted by Crippen LogP contribution is -2.05. The number of aryl methyl sites for hydroxylation is 3. The average Bonchev–Trinajstić information content (AvgIpc) is 3.09. The minimum absolute atomic E-state index is 0.255. The Morgan fingerprint density at radius 1 is 1.06 bits per heavy atom. The van der Waals surface area contributed by atoms with Crippen LogP contribution in [0.1, 0.15) is 27.3 Å². The molecule has 0 bridgehead atoms. The molecule has 2 aromatic carbocycles. The second-order valence-corrected chi connectivity index (χ2v) is 7.28. The Hall–Kier alpha value is -3.87. The largest absolute Gasteiger partial charge is 0.486 e. The molecule has 0 aliphatic carbocycles. The fourth-order valence-electron chi connectivity index (χ4n) is 3.31. The van der Waals surface area contributed by atoms with Gasteiger partial charge in [-0.2, -0.15) is 0 Å². The van der Waals surface area contributed by atoms with Crippen molar-refractivity contribution in [1.29, 1.82) is 0 Å². The molecule has 0 spiro atoms. The fourth-order valence-corrected chi connectivity index (χ4v) is 3.31. The Morgan fingerprint density at radius 2 is 1.90 bits per heavy atom. The van der Waals surface area contributed by atoms with Gasteiger partial charge in [0.15, 0.2) is 0 Å². The van der Waals surface area contributed by atoms with Crippen LogP contribution in [-0.4, -0.2) is 27.6 Å². The van der Waals surface area contributed by atoms with Crippen molar-refractivity contribution in [2.75, 3.05) is 7.11 Å². The van der Waals surface area contributed by atoms with Gasteiger partial charge in [0.25, 0.3) is 0 Å². The number of hydrogen-bond acceptors (Lipinski definition) is 6. The third-order valence-corrected chi connectivity index (χ3v) is 4.95. The van der Waals surface area contributed by atoms with Crippen molar-refractivity contribution in [2.45, 2.75) is 20.5 Å². The molecular weight excluding hydrogens is 394 g/mol. The maximum atomic E-state index is 11.7. The molecule has 4 rings (SSSR count). The van der Waals surface area contributed by atoms with Crippen LogP contribution in [0.25, 0.3) is 11.0 Å². The summed E-state index contributed by atoms with van der Waals surface area (Å²) in [6.45, 7) is 4.23. The molecule has 0 N–H and O–H groups in total.